The van der Waals surface area contributed by atoms with Crippen molar-refractivity contribution in [2.75, 3.05) is 5.32 Å². The van der Waals surface area contributed by atoms with Crippen LogP contribution in [0.3, 0.4) is 0 Å². The number of aliphatic carboxylic acids is 1. The number of carbonyl (C=O) groups is 1. The summed E-state index contributed by atoms with van der Waals surface area (Å²) < 4.78 is 34.6. The molecule has 0 aliphatic rings. The summed E-state index contributed by atoms with van der Waals surface area (Å²) in [6, 6.07) is 8.65. The number of carboxylic acids is 1. The molecule has 0 atom stereocenters. The highest BCUT2D eigenvalue weighted by molar-refractivity contribution is 7.81. The molecule has 0 aliphatic heterocycles. The van der Waals surface area contributed by atoms with Crippen LogP contribution in [-0.4, -0.2) is 24.0 Å². The molecule has 128 valence electrons. The summed E-state index contributed by atoms with van der Waals surface area (Å²) in [5, 5.41) is 12.6. The van der Waals surface area contributed by atoms with Crippen molar-refractivity contribution in [3.05, 3.63) is 52.0 Å². The van der Waals surface area contributed by atoms with Crippen LogP contribution in [-0.2, 0) is 21.6 Å². The lowest BCUT2D eigenvalue weighted by atomic mass is 10.1. The summed E-state index contributed by atoms with van der Waals surface area (Å²) in [6.07, 6.45) is -0.424. The van der Waals surface area contributed by atoms with Gasteiger partial charge in [-0.05, 0) is 35.9 Å². The molecule has 0 bridgehead atoms. The molecule has 0 spiro atoms. The van der Waals surface area contributed by atoms with E-state index in [9.17, 15) is 13.2 Å². The van der Waals surface area contributed by atoms with Gasteiger partial charge in [0.1, 0.15) is 5.75 Å². The maximum atomic E-state index is 11.0. The first-order valence-corrected chi connectivity index (χ1v) is 8.50. The highest BCUT2D eigenvalue weighted by atomic mass is 35.5. The summed E-state index contributed by atoms with van der Waals surface area (Å²) in [5.74, 6) is -1.38. The molecular formula is C14H11Cl2NO6S. The first-order chi connectivity index (χ1) is 11.2. The molecule has 0 amide bonds. The van der Waals surface area contributed by atoms with Gasteiger partial charge >= 0.3 is 16.4 Å². The van der Waals surface area contributed by atoms with Gasteiger partial charge in [-0.15, -0.1) is 0 Å². The zero-order valence-electron chi connectivity index (χ0n) is 11.9. The van der Waals surface area contributed by atoms with Crippen LogP contribution in [0, 0.1) is 0 Å². The van der Waals surface area contributed by atoms with Gasteiger partial charge in [-0.3, -0.25) is 9.35 Å². The van der Waals surface area contributed by atoms with E-state index in [1.165, 1.54) is 18.2 Å². The smallest absolute Gasteiger partial charge is 0.446 e. The lowest BCUT2D eigenvalue weighted by Crippen LogP contribution is -2.09. The second kappa shape index (κ2) is 7.27. The molecule has 2 aromatic rings. The van der Waals surface area contributed by atoms with Crippen LogP contribution in [0.25, 0.3) is 0 Å². The molecule has 2 aromatic carbocycles. The van der Waals surface area contributed by atoms with Crippen LogP contribution in [0.15, 0.2) is 36.4 Å². The molecule has 0 heterocycles. The SMILES string of the molecule is O=C(O)Cc1cc(OS(=O)(=O)O)ccc1Nc1c(Cl)cccc1Cl. The number of hydrogen-bond donors (Lipinski definition) is 3. The van der Waals surface area contributed by atoms with Crippen LogP contribution in [0.5, 0.6) is 5.75 Å². The average Bonchev–Trinajstić information content (AvgIpc) is 2.42. The molecule has 0 saturated heterocycles. The normalized spacial score (nSPS) is 11.1. The molecule has 3 N–H and O–H groups in total. The van der Waals surface area contributed by atoms with Crippen molar-refractivity contribution in [3.8, 4) is 5.75 Å². The Hall–Kier alpha value is -2.00. The van der Waals surface area contributed by atoms with E-state index >= 15 is 0 Å². The van der Waals surface area contributed by atoms with Crippen molar-refractivity contribution in [1.29, 1.82) is 0 Å². The van der Waals surface area contributed by atoms with Crippen LogP contribution < -0.4 is 9.50 Å². The summed E-state index contributed by atoms with van der Waals surface area (Å²) in [5.41, 5.74) is 0.922. The Balaban J connectivity index is 2.43. The summed E-state index contributed by atoms with van der Waals surface area (Å²) >= 11 is 12.1. The topological polar surface area (TPSA) is 113 Å². The third-order valence-corrected chi connectivity index (χ3v) is 3.88. The molecule has 10 heteroatoms. The molecule has 7 nitrogen and oxygen atoms in total. The number of halogens is 2. The lowest BCUT2D eigenvalue weighted by molar-refractivity contribution is -0.136. The summed E-state index contributed by atoms with van der Waals surface area (Å²) in [6.45, 7) is 0. The maximum absolute atomic E-state index is 11.0. The Morgan fingerprint density at radius 3 is 2.33 bits per heavy atom. The van der Waals surface area contributed by atoms with E-state index in [2.05, 4.69) is 9.50 Å². The fraction of sp³-hybridized carbons (Fsp3) is 0.0714. The first-order valence-electron chi connectivity index (χ1n) is 6.38. The van der Waals surface area contributed by atoms with Gasteiger partial charge in [0.05, 0.1) is 22.2 Å². The van der Waals surface area contributed by atoms with E-state index in [-0.39, 0.29) is 11.3 Å². The maximum Gasteiger partial charge on any atom is 0.446 e. The quantitative estimate of drug-likeness (QED) is 0.645. The van der Waals surface area contributed by atoms with E-state index in [4.69, 9.17) is 32.9 Å². The van der Waals surface area contributed by atoms with Crippen LogP contribution in [0.1, 0.15) is 5.56 Å². The molecule has 2 rings (SSSR count). The van der Waals surface area contributed by atoms with Gasteiger partial charge in [-0.2, -0.15) is 8.42 Å². The minimum absolute atomic E-state index is 0.208. The van der Waals surface area contributed by atoms with Gasteiger partial charge in [0.2, 0.25) is 0 Å². The predicted molar refractivity (Wildman–Crippen MR) is 89.7 cm³/mol. The van der Waals surface area contributed by atoms with E-state index in [1.807, 2.05) is 0 Å². The number of para-hydroxylation sites is 1. The molecule has 0 radical (unpaired) electrons. The molecular weight excluding hydrogens is 381 g/mol. The van der Waals surface area contributed by atoms with Gasteiger partial charge in [-0.1, -0.05) is 29.3 Å². The van der Waals surface area contributed by atoms with Crippen molar-refractivity contribution in [1.82, 2.24) is 0 Å². The number of anilines is 2. The van der Waals surface area contributed by atoms with Gasteiger partial charge in [0.15, 0.2) is 0 Å². The fourth-order valence-electron chi connectivity index (χ4n) is 1.93. The average molecular weight is 392 g/mol. The van der Waals surface area contributed by atoms with Crippen LogP contribution >= 0.6 is 23.2 Å². The van der Waals surface area contributed by atoms with Gasteiger partial charge in [0.25, 0.3) is 0 Å². The highest BCUT2D eigenvalue weighted by Gasteiger charge is 2.14. The predicted octanol–water partition coefficient (Wildman–Crippen LogP) is 3.55. The van der Waals surface area contributed by atoms with Gasteiger partial charge < -0.3 is 14.6 Å². The summed E-state index contributed by atoms with van der Waals surface area (Å²) in [4.78, 5) is 11.0. The minimum Gasteiger partial charge on any atom is -0.481 e. The van der Waals surface area contributed by atoms with E-state index < -0.39 is 22.8 Å². The van der Waals surface area contributed by atoms with Crippen LogP contribution in [0.2, 0.25) is 10.0 Å². The Bertz CT molecular complexity index is 865. The number of carboxylic acid groups (broad SMARTS) is 1. The number of nitrogens with one attached hydrogen (secondary N) is 1. The van der Waals surface area contributed by atoms with Crippen molar-refractivity contribution >= 4 is 50.9 Å². The Labute approximate surface area is 147 Å². The van der Waals surface area contributed by atoms with E-state index in [1.54, 1.807) is 18.2 Å². The minimum atomic E-state index is -4.72. The standard InChI is InChI=1S/C14H11Cl2NO6S/c15-10-2-1-3-11(16)14(10)17-12-5-4-9(23-24(20,21)22)6-8(12)7-13(18)19/h1-6,17H,7H2,(H,18,19)(H,20,21,22). The van der Waals surface area contributed by atoms with E-state index in [0.717, 1.165) is 0 Å². The largest absolute Gasteiger partial charge is 0.481 e. The van der Waals surface area contributed by atoms with Crippen molar-refractivity contribution < 1.29 is 27.1 Å². The first kappa shape index (κ1) is 18.3. The zero-order valence-corrected chi connectivity index (χ0v) is 14.2. The van der Waals surface area contributed by atoms with Gasteiger partial charge in [0, 0.05) is 5.69 Å². The van der Waals surface area contributed by atoms with Gasteiger partial charge in [-0.25, -0.2) is 0 Å². The van der Waals surface area contributed by atoms with Crippen molar-refractivity contribution in [2.24, 2.45) is 0 Å². The Morgan fingerprint density at radius 2 is 1.79 bits per heavy atom. The monoisotopic (exact) mass is 391 g/mol. The highest BCUT2D eigenvalue weighted by Crippen LogP contribution is 2.34. The number of hydrogen-bond acceptors (Lipinski definition) is 5. The molecule has 0 fully saturated rings. The Kier molecular flexibility index (Phi) is 5.55. The molecule has 0 unspecified atom stereocenters. The third kappa shape index (κ3) is 5.00. The fourth-order valence-corrected chi connectivity index (χ4v) is 2.77. The summed E-state index contributed by atoms with van der Waals surface area (Å²) in [7, 11) is -4.72. The number of rotatable bonds is 6. The molecule has 24 heavy (non-hydrogen) atoms. The van der Waals surface area contributed by atoms with Crippen molar-refractivity contribution in [3.63, 3.8) is 0 Å². The third-order valence-electron chi connectivity index (χ3n) is 2.84. The second-order valence-corrected chi connectivity index (χ2v) is 6.46. The zero-order chi connectivity index (χ0) is 17.9. The second-order valence-electron chi connectivity index (χ2n) is 4.62. The van der Waals surface area contributed by atoms with Crippen LogP contribution in [0.4, 0.5) is 11.4 Å². The lowest BCUT2D eigenvalue weighted by Gasteiger charge is -2.14. The molecule has 0 aromatic heterocycles. The molecule has 0 aliphatic carbocycles. The number of benzene rings is 2. The van der Waals surface area contributed by atoms with Crippen molar-refractivity contribution in [2.45, 2.75) is 6.42 Å². The Morgan fingerprint density at radius 1 is 1.17 bits per heavy atom. The molecule has 0 saturated carbocycles. The van der Waals surface area contributed by atoms with E-state index in [0.29, 0.717) is 21.4 Å².